The molecular weight excluding hydrogens is 254 g/mol. The summed E-state index contributed by atoms with van der Waals surface area (Å²) in [5.41, 5.74) is 0.842. The van der Waals surface area contributed by atoms with Crippen molar-refractivity contribution in [3.8, 4) is 5.75 Å². The van der Waals surface area contributed by atoms with Crippen LogP contribution in [-0.4, -0.2) is 30.8 Å². The van der Waals surface area contributed by atoms with Crippen molar-refractivity contribution in [2.24, 2.45) is 5.92 Å². The Bertz CT molecular complexity index is 455. The number of rotatable bonds is 7. The largest absolute Gasteiger partial charge is 0.496 e. The molecule has 0 saturated carbocycles. The Kier molecular flexibility index (Phi) is 6.81. The molecule has 20 heavy (non-hydrogen) atoms. The van der Waals surface area contributed by atoms with E-state index in [1.165, 1.54) is 6.08 Å². The third-order valence-electron chi connectivity index (χ3n) is 2.88. The number of ether oxygens (including phenoxy) is 1. The number of hydrogen-bond acceptors (Lipinski definition) is 3. The van der Waals surface area contributed by atoms with Gasteiger partial charge in [-0.05, 0) is 24.5 Å². The SMILES string of the molecule is COc1ccccc1/C=C/C(=O)NC(CO)CC(C)C. The summed E-state index contributed by atoms with van der Waals surface area (Å²) in [6.07, 6.45) is 3.92. The molecule has 0 spiro atoms. The van der Waals surface area contributed by atoms with E-state index in [9.17, 15) is 9.90 Å². The monoisotopic (exact) mass is 277 g/mol. The molecule has 110 valence electrons. The van der Waals surface area contributed by atoms with E-state index in [2.05, 4.69) is 19.2 Å². The Morgan fingerprint density at radius 2 is 2.10 bits per heavy atom. The molecule has 1 aromatic carbocycles. The van der Waals surface area contributed by atoms with Gasteiger partial charge in [0.2, 0.25) is 5.91 Å². The van der Waals surface area contributed by atoms with Crippen LogP contribution in [0.15, 0.2) is 30.3 Å². The Morgan fingerprint density at radius 1 is 1.40 bits per heavy atom. The number of benzene rings is 1. The molecule has 0 saturated heterocycles. The fourth-order valence-corrected chi connectivity index (χ4v) is 1.97. The van der Waals surface area contributed by atoms with Crippen molar-refractivity contribution in [3.63, 3.8) is 0 Å². The second-order valence-electron chi connectivity index (χ2n) is 5.09. The highest BCUT2D eigenvalue weighted by Gasteiger charge is 2.11. The van der Waals surface area contributed by atoms with Crippen LogP contribution in [0.25, 0.3) is 6.08 Å². The molecule has 1 amide bonds. The molecule has 0 heterocycles. The number of aliphatic hydroxyl groups excluding tert-OH is 1. The minimum Gasteiger partial charge on any atom is -0.496 e. The molecule has 4 heteroatoms. The maximum absolute atomic E-state index is 11.8. The zero-order chi connectivity index (χ0) is 15.0. The molecule has 0 bridgehead atoms. The summed E-state index contributed by atoms with van der Waals surface area (Å²) in [6.45, 7) is 4.06. The summed E-state index contributed by atoms with van der Waals surface area (Å²) in [6, 6.07) is 7.27. The smallest absolute Gasteiger partial charge is 0.244 e. The lowest BCUT2D eigenvalue weighted by atomic mass is 10.0. The number of methoxy groups -OCH3 is 1. The van der Waals surface area contributed by atoms with Gasteiger partial charge >= 0.3 is 0 Å². The lowest BCUT2D eigenvalue weighted by molar-refractivity contribution is -0.117. The van der Waals surface area contributed by atoms with Crippen LogP contribution < -0.4 is 10.1 Å². The number of amides is 1. The first-order valence-corrected chi connectivity index (χ1v) is 6.79. The molecule has 0 aliphatic rings. The highest BCUT2D eigenvalue weighted by Crippen LogP contribution is 2.18. The van der Waals surface area contributed by atoms with E-state index < -0.39 is 0 Å². The first-order chi connectivity index (χ1) is 9.56. The lowest BCUT2D eigenvalue weighted by Crippen LogP contribution is -2.37. The van der Waals surface area contributed by atoms with Crippen molar-refractivity contribution in [2.45, 2.75) is 26.3 Å². The van der Waals surface area contributed by atoms with Crippen LogP contribution in [0.1, 0.15) is 25.8 Å². The van der Waals surface area contributed by atoms with Gasteiger partial charge in [-0.25, -0.2) is 0 Å². The number of carbonyl (C=O) groups excluding carboxylic acids is 1. The number of para-hydroxylation sites is 1. The van der Waals surface area contributed by atoms with E-state index in [0.717, 1.165) is 17.7 Å². The topological polar surface area (TPSA) is 58.6 Å². The van der Waals surface area contributed by atoms with Gasteiger partial charge in [0.15, 0.2) is 0 Å². The standard InChI is InChI=1S/C16H23NO3/c1-12(2)10-14(11-18)17-16(19)9-8-13-6-4-5-7-15(13)20-3/h4-9,12,14,18H,10-11H2,1-3H3,(H,17,19)/b9-8+. The van der Waals surface area contributed by atoms with E-state index >= 15 is 0 Å². The third-order valence-corrected chi connectivity index (χ3v) is 2.88. The molecule has 1 unspecified atom stereocenters. The van der Waals surface area contributed by atoms with Gasteiger partial charge in [0.05, 0.1) is 19.8 Å². The van der Waals surface area contributed by atoms with Crippen molar-refractivity contribution in [2.75, 3.05) is 13.7 Å². The molecule has 0 fully saturated rings. The van der Waals surface area contributed by atoms with E-state index in [1.807, 2.05) is 24.3 Å². The zero-order valence-corrected chi connectivity index (χ0v) is 12.3. The van der Waals surface area contributed by atoms with E-state index in [4.69, 9.17) is 4.74 Å². The van der Waals surface area contributed by atoms with E-state index in [0.29, 0.717) is 5.92 Å². The van der Waals surface area contributed by atoms with Gasteiger partial charge in [-0.1, -0.05) is 32.0 Å². The van der Waals surface area contributed by atoms with Gasteiger partial charge in [0.25, 0.3) is 0 Å². The van der Waals surface area contributed by atoms with E-state index in [1.54, 1.807) is 13.2 Å². The minimum absolute atomic E-state index is 0.0492. The minimum atomic E-state index is -0.212. The van der Waals surface area contributed by atoms with Crippen LogP contribution in [-0.2, 0) is 4.79 Å². The van der Waals surface area contributed by atoms with Crippen LogP contribution >= 0.6 is 0 Å². The molecule has 4 nitrogen and oxygen atoms in total. The molecule has 1 atom stereocenters. The second kappa shape index (κ2) is 8.38. The van der Waals surface area contributed by atoms with Crippen LogP contribution in [0.5, 0.6) is 5.75 Å². The summed E-state index contributed by atoms with van der Waals surface area (Å²) >= 11 is 0. The fraction of sp³-hybridized carbons (Fsp3) is 0.438. The maximum atomic E-state index is 11.8. The van der Waals surface area contributed by atoms with Gasteiger partial charge < -0.3 is 15.2 Å². The average Bonchev–Trinajstić information content (AvgIpc) is 2.44. The van der Waals surface area contributed by atoms with Crippen molar-refractivity contribution in [1.82, 2.24) is 5.32 Å². The van der Waals surface area contributed by atoms with Crippen molar-refractivity contribution >= 4 is 12.0 Å². The van der Waals surface area contributed by atoms with Crippen molar-refractivity contribution < 1.29 is 14.6 Å². The summed E-state index contributed by atoms with van der Waals surface area (Å²) in [7, 11) is 1.59. The van der Waals surface area contributed by atoms with Crippen LogP contribution in [0, 0.1) is 5.92 Å². The highest BCUT2D eigenvalue weighted by molar-refractivity contribution is 5.92. The van der Waals surface area contributed by atoms with Gasteiger partial charge in [-0.3, -0.25) is 4.79 Å². The van der Waals surface area contributed by atoms with Crippen LogP contribution in [0.3, 0.4) is 0 Å². The molecule has 2 N–H and O–H groups in total. The number of aliphatic hydroxyl groups is 1. The Balaban J connectivity index is 2.63. The number of hydrogen-bond donors (Lipinski definition) is 2. The molecule has 1 rings (SSSR count). The van der Waals surface area contributed by atoms with Crippen LogP contribution in [0.2, 0.25) is 0 Å². The molecule has 0 aromatic heterocycles. The summed E-state index contributed by atoms with van der Waals surface area (Å²) in [4.78, 5) is 11.8. The summed E-state index contributed by atoms with van der Waals surface area (Å²) in [5, 5.41) is 12.0. The predicted octanol–water partition coefficient (Wildman–Crippen LogP) is 2.23. The summed E-state index contributed by atoms with van der Waals surface area (Å²) < 4.78 is 5.21. The maximum Gasteiger partial charge on any atom is 0.244 e. The zero-order valence-electron chi connectivity index (χ0n) is 12.3. The van der Waals surface area contributed by atoms with Gasteiger partial charge in [-0.15, -0.1) is 0 Å². The first kappa shape index (κ1) is 16.2. The predicted molar refractivity (Wildman–Crippen MR) is 80.5 cm³/mol. The quantitative estimate of drug-likeness (QED) is 0.751. The van der Waals surface area contributed by atoms with Gasteiger partial charge in [0.1, 0.15) is 5.75 Å². The Morgan fingerprint density at radius 3 is 2.70 bits per heavy atom. The Hall–Kier alpha value is -1.81. The van der Waals surface area contributed by atoms with Crippen molar-refractivity contribution in [3.05, 3.63) is 35.9 Å². The molecule has 0 aliphatic carbocycles. The Labute approximate surface area is 120 Å². The fourth-order valence-electron chi connectivity index (χ4n) is 1.97. The highest BCUT2D eigenvalue weighted by atomic mass is 16.5. The molecule has 0 radical (unpaired) electrons. The number of carbonyl (C=O) groups is 1. The van der Waals surface area contributed by atoms with Gasteiger partial charge in [0, 0.05) is 11.6 Å². The third kappa shape index (κ3) is 5.45. The molecular formula is C16H23NO3. The van der Waals surface area contributed by atoms with Crippen molar-refractivity contribution in [1.29, 1.82) is 0 Å². The first-order valence-electron chi connectivity index (χ1n) is 6.79. The lowest BCUT2D eigenvalue weighted by Gasteiger charge is -2.17. The molecule has 0 aliphatic heterocycles. The molecule has 1 aromatic rings. The second-order valence-corrected chi connectivity index (χ2v) is 5.09. The van der Waals surface area contributed by atoms with E-state index in [-0.39, 0.29) is 18.6 Å². The van der Waals surface area contributed by atoms with Crippen LogP contribution in [0.4, 0.5) is 0 Å². The summed E-state index contributed by atoms with van der Waals surface area (Å²) in [5.74, 6) is 0.929. The average molecular weight is 277 g/mol. The number of nitrogens with one attached hydrogen (secondary N) is 1. The normalized spacial score (nSPS) is 12.7. The van der Waals surface area contributed by atoms with Gasteiger partial charge in [-0.2, -0.15) is 0 Å².